The van der Waals surface area contributed by atoms with Crippen LogP contribution in [0.5, 0.6) is 0 Å². The van der Waals surface area contributed by atoms with Crippen LogP contribution in [-0.4, -0.2) is 47.1 Å². The number of β-amino-alcohol motifs (C(OH)–C–C–N with tert-alkyl or cyclic N) is 1. The highest BCUT2D eigenvalue weighted by Crippen LogP contribution is 2.30. The lowest BCUT2D eigenvalue weighted by Gasteiger charge is -2.19. The van der Waals surface area contributed by atoms with E-state index in [1.54, 1.807) is 0 Å². The van der Waals surface area contributed by atoms with E-state index in [9.17, 15) is 13.9 Å². The Morgan fingerprint density at radius 3 is 2.39 bits per heavy atom. The highest BCUT2D eigenvalue weighted by Gasteiger charge is 2.47. The molecule has 8 heteroatoms. The summed E-state index contributed by atoms with van der Waals surface area (Å²) < 4.78 is 28.1. The molecule has 1 aromatic heterocycles. The summed E-state index contributed by atoms with van der Waals surface area (Å²) in [6.45, 7) is 10.8. The van der Waals surface area contributed by atoms with Crippen LogP contribution in [-0.2, 0) is 0 Å². The Labute approximate surface area is 140 Å². The molecule has 1 fully saturated rings. The maximum atomic E-state index is 13.4. The predicted octanol–water partition coefficient (Wildman–Crippen LogP) is 3.04. The van der Waals surface area contributed by atoms with Gasteiger partial charge in [0, 0.05) is 19.3 Å². The van der Waals surface area contributed by atoms with Crippen molar-refractivity contribution in [3.05, 3.63) is 23.3 Å². The number of aliphatic hydroxyl groups excluding tert-OH is 1. The average molecular weight is 351 g/mol. The molecule has 0 aromatic carbocycles. The summed E-state index contributed by atoms with van der Waals surface area (Å²) in [6.07, 6.45) is -0.330. The first-order valence-electron chi connectivity index (χ1n) is 7.54. The standard InChI is InChI=1S/C11H13ClF2N4O.2C2H6/c1-3-18-10(15-2)7(4-9(12)16-18)17-5-8(19)11(13,14)6-17;2*1-2/h3-4,8,19H,1,5-6H2,2H3;2*1-2H3. The summed E-state index contributed by atoms with van der Waals surface area (Å²) in [5, 5.41) is 13.4. The number of hydrogen-bond donors (Lipinski definition) is 1. The first-order chi connectivity index (χ1) is 10.9. The molecule has 1 N–H and O–H groups in total. The van der Waals surface area contributed by atoms with E-state index < -0.39 is 18.6 Å². The van der Waals surface area contributed by atoms with Crippen molar-refractivity contribution in [2.45, 2.75) is 39.7 Å². The van der Waals surface area contributed by atoms with Gasteiger partial charge in [0.1, 0.15) is 6.10 Å². The molecular weight excluding hydrogens is 326 g/mol. The van der Waals surface area contributed by atoms with Gasteiger partial charge in [-0.1, -0.05) is 45.9 Å². The minimum absolute atomic E-state index is 0.131. The summed E-state index contributed by atoms with van der Waals surface area (Å²) in [4.78, 5) is 5.34. The van der Waals surface area contributed by atoms with Gasteiger partial charge in [0.2, 0.25) is 0 Å². The van der Waals surface area contributed by atoms with Crippen molar-refractivity contribution in [1.29, 1.82) is 0 Å². The molecule has 1 aliphatic heterocycles. The zero-order valence-electron chi connectivity index (χ0n) is 14.2. The van der Waals surface area contributed by atoms with Crippen molar-refractivity contribution in [1.82, 2.24) is 9.78 Å². The summed E-state index contributed by atoms with van der Waals surface area (Å²) in [6, 6.07) is 1.44. The lowest BCUT2D eigenvalue weighted by atomic mass is 10.2. The molecule has 0 spiro atoms. The minimum Gasteiger partial charge on any atom is -0.385 e. The monoisotopic (exact) mass is 350 g/mol. The van der Waals surface area contributed by atoms with Crippen LogP contribution in [0.2, 0.25) is 5.15 Å². The number of aromatic nitrogens is 2. The molecule has 0 aliphatic carbocycles. The van der Waals surface area contributed by atoms with Crippen LogP contribution in [0.1, 0.15) is 27.7 Å². The van der Waals surface area contributed by atoms with E-state index in [4.69, 9.17) is 11.6 Å². The summed E-state index contributed by atoms with van der Waals surface area (Å²) >= 11 is 5.85. The van der Waals surface area contributed by atoms with Gasteiger partial charge >= 0.3 is 0 Å². The number of nitrogens with zero attached hydrogens (tertiary/aromatic N) is 4. The Morgan fingerprint density at radius 1 is 1.43 bits per heavy atom. The van der Waals surface area contributed by atoms with Gasteiger partial charge in [-0.3, -0.25) is 4.99 Å². The van der Waals surface area contributed by atoms with Gasteiger partial charge in [0.25, 0.3) is 5.92 Å². The number of anilines is 1. The zero-order chi connectivity index (χ0) is 18.2. The Morgan fingerprint density at radius 2 is 2.00 bits per heavy atom. The van der Waals surface area contributed by atoms with Crippen molar-refractivity contribution in [2.24, 2.45) is 4.99 Å². The van der Waals surface area contributed by atoms with E-state index in [2.05, 4.69) is 16.7 Å². The number of rotatable bonds is 2. The fraction of sp³-hybridized carbons (Fsp3) is 0.600. The van der Waals surface area contributed by atoms with E-state index in [1.807, 2.05) is 27.7 Å². The lowest BCUT2D eigenvalue weighted by molar-refractivity contribution is -0.0712. The minimum atomic E-state index is -3.15. The van der Waals surface area contributed by atoms with Crippen molar-refractivity contribution in [2.75, 3.05) is 25.0 Å². The number of halogens is 3. The van der Waals surface area contributed by atoms with Gasteiger partial charge in [0.15, 0.2) is 10.6 Å². The maximum Gasteiger partial charge on any atom is 0.292 e. The molecule has 0 amide bonds. The highest BCUT2D eigenvalue weighted by atomic mass is 35.5. The van der Waals surface area contributed by atoms with Gasteiger partial charge in [-0.2, -0.15) is 5.10 Å². The Kier molecular flexibility index (Phi) is 9.01. The van der Waals surface area contributed by atoms with Crippen LogP contribution in [0.15, 0.2) is 17.6 Å². The van der Waals surface area contributed by atoms with Gasteiger partial charge in [0.05, 0.1) is 18.8 Å². The molecule has 1 saturated heterocycles. The quantitative estimate of drug-likeness (QED) is 0.892. The van der Waals surface area contributed by atoms with Gasteiger partial charge < -0.3 is 10.0 Å². The Bertz CT molecular complexity index is 575. The molecule has 1 aromatic rings. The van der Waals surface area contributed by atoms with Crippen molar-refractivity contribution < 1.29 is 13.9 Å². The van der Waals surface area contributed by atoms with Crippen molar-refractivity contribution >= 4 is 23.5 Å². The Hall–Kier alpha value is -1.47. The third kappa shape index (κ3) is 5.00. The second kappa shape index (κ2) is 9.62. The number of aliphatic hydroxyl groups is 1. The van der Waals surface area contributed by atoms with E-state index in [1.165, 1.54) is 28.9 Å². The van der Waals surface area contributed by atoms with E-state index >= 15 is 0 Å². The van der Waals surface area contributed by atoms with Crippen LogP contribution in [0.4, 0.5) is 14.5 Å². The molecule has 0 bridgehead atoms. The average Bonchev–Trinajstić information content (AvgIpc) is 2.83. The molecule has 1 unspecified atom stereocenters. The summed E-state index contributed by atoms with van der Waals surface area (Å²) in [5.74, 6) is -3.15. The van der Waals surface area contributed by atoms with Gasteiger partial charge in [-0.15, -0.1) is 0 Å². The van der Waals surface area contributed by atoms with Crippen LogP contribution < -0.4 is 10.4 Å². The largest absolute Gasteiger partial charge is 0.385 e. The van der Waals surface area contributed by atoms with Crippen LogP contribution >= 0.6 is 11.6 Å². The lowest BCUT2D eigenvalue weighted by Crippen LogP contribution is -2.33. The van der Waals surface area contributed by atoms with E-state index in [-0.39, 0.29) is 11.7 Å². The number of alkyl halides is 2. The van der Waals surface area contributed by atoms with Crippen molar-refractivity contribution in [3.63, 3.8) is 0 Å². The molecule has 2 rings (SSSR count). The SMILES string of the molecule is C=Cn1nc(Cl)cc(N2CC(O)C(F)(F)C2)c1=NC.CC.CC. The molecule has 1 aliphatic rings. The molecule has 1 atom stereocenters. The summed E-state index contributed by atoms with van der Waals surface area (Å²) in [7, 11) is 1.51. The second-order valence-electron chi connectivity index (χ2n) is 4.18. The third-order valence-electron chi connectivity index (χ3n) is 2.91. The first kappa shape index (κ1) is 21.5. The molecule has 23 heavy (non-hydrogen) atoms. The fourth-order valence-corrected chi connectivity index (χ4v) is 2.19. The van der Waals surface area contributed by atoms with E-state index in [0.717, 1.165) is 0 Å². The van der Waals surface area contributed by atoms with Gasteiger partial charge in [-0.25, -0.2) is 13.5 Å². The molecule has 2 heterocycles. The molecule has 0 saturated carbocycles. The normalized spacial score (nSPS) is 19.4. The topological polar surface area (TPSA) is 53.7 Å². The van der Waals surface area contributed by atoms with Crippen LogP contribution in [0.25, 0.3) is 6.20 Å². The number of hydrogen-bond acceptors (Lipinski definition) is 4. The first-order valence-corrected chi connectivity index (χ1v) is 7.92. The van der Waals surface area contributed by atoms with Crippen LogP contribution in [0.3, 0.4) is 0 Å². The maximum absolute atomic E-state index is 13.4. The smallest absolute Gasteiger partial charge is 0.292 e. The zero-order valence-corrected chi connectivity index (χ0v) is 15.0. The molecule has 5 nitrogen and oxygen atoms in total. The van der Waals surface area contributed by atoms with Gasteiger partial charge in [-0.05, 0) is 0 Å². The summed E-state index contributed by atoms with van der Waals surface area (Å²) in [5.41, 5.74) is 0.739. The third-order valence-corrected chi connectivity index (χ3v) is 3.10. The second-order valence-corrected chi connectivity index (χ2v) is 4.57. The fourth-order valence-electron chi connectivity index (χ4n) is 2.00. The Balaban J connectivity index is 0.00000112. The van der Waals surface area contributed by atoms with Crippen LogP contribution in [0, 0.1) is 0 Å². The molecule has 132 valence electrons. The highest BCUT2D eigenvalue weighted by molar-refractivity contribution is 6.29. The molecule has 0 radical (unpaired) electrons. The van der Waals surface area contributed by atoms with Crippen molar-refractivity contribution in [3.8, 4) is 0 Å². The molecular formula is C15H25ClF2N4O. The predicted molar refractivity (Wildman–Crippen MR) is 91.0 cm³/mol. The van der Waals surface area contributed by atoms with E-state index in [0.29, 0.717) is 11.2 Å².